The van der Waals surface area contributed by atoms with Gasteiger partial charge < -0.3 is 63.0 Å². The van der Waals surface area contributed by atoms with Crippen LogP contribution in [0, 0.1) is 0 Å². The van der Waals surface area contributed by atoms with Crippen LogP contribution >= 0.6 is 11.8 Å². The first-order valence-electron chi connectivity index (χ1n) is 26.3. The van der Waals surface area contributed by atoms with Gasteiger partial charge in [-0.25, -0.2) is 9.59 Å². The van der Waals surface area contributed by atoms with Gasteiger partial charge in [0.05, 0.1) is 18.5 Å². The number of primary amides is 1. The number of aliphatic carboxylic acids is 3. The number of nitrogens with two attached hydrogens (primary N) is 1. The van der Waals surface area contributed by atoms with Crippen LogP contribution in [0.25, 0.3) is 10.8 Å². The van der Waals surface area contributed by atoms with Gasteiger partial charge in [0.25, 0.3) is 0 Å². The van der Waals surface area contributed by atoms with Crippen molar-refractivity contribution in [2.45, 2.75) is 150 Å². The first kappa shape index (κ1) is 59.5. The van der Waals surface area contributed by atoms with Gasteiger partial charge in [-0.2, -0.15) is 11.8 Å². The van der Waals surface area contributed by atoms with E-state index in [-0.39, 0.29) is 73.3 Å². The second-order valence-corrected chi connectivity index (χ2v) is 21.2. The number of benzene rings is 3. The average Bonchev–Trinajstić information content (AvgIpc) is 4.04. The van der Waals surface area contributed by atoms with Gasteiger partial charge >= 0.3 is 35.8 Å². The quantitative estimate of drug-likeness (QED) is 0.0119. The molecule has 3 aromatic carbocycles. The normalized spacial score (nSPS) is 18.0. The Morgan fingerprint density at radius 2 is 1.42 bits per heavy atom. The summed E-state index contributed by atoms with van der Waals surface area (Å²) in [4.78, 5) is 138. The topological polar surface area (TPSA) is 368 Å². The molecule has 0 bridgehead atoms. The van der Waals surface area contributed by atoms with Crippen molar-refractivity contribution in [3.63, 3.8) is 0 Å². The number of esters is 1. The lowest BCUT2D eigenvalue weighted by Gasteiger charge is -2.38. The number of fused-ring (bicyclic) bond motifs is 2. The van der Waals surface area contributed by atoms with E-state index in [0.29, 0.717) is 62.5 Å². The van der Waals surface area contributed by atoms with E-state index in [1.54, 1.807) is 12.1 Å². The summed E-state index contributed by atoms with van der Waals surface area (Å²) in [5.74, 6) is -11.0. The van der Waals surface area contributed by atoms with Crippen LogP contribution < -0.4 is 47.7 Å². The number of carbonyl (C=O) groups excluding carboxylic acids is 8. The number of carboxylic acids is 3. The molecule has 0 radical (unpaired) electrons. The van der Waals surface area contributed by atoms with Gasteiger partial charge in [0.15, 0.2) is 5.92 Å². The molecule has 0 spiro atoms. The Kier molecular flexibility index (Phi) is 21.8. The van der Waals surface area contributed by atoms with Crippen LogP contribution in [-0.2, 0) is 60.8 Å². The van der Waals surface area contributed by atoms with Crippen LogP contribution in [-0.4, -0.2) is 134 Å². The number of carbonyl (C=O) groups is 11. The van der Waals surface area contributed by atoms with Crippen LogP contribution in [0.4, 0.5) is 4.79 Å². The van der Waals surface area contributed by atoms with Gasteiger partial charge in [0.1, 0.15) is 23.4 Å². The molecule has 420 valence electrons. The highest BCUT2D eigenvalue weighted by Gasteiger charge is 2.45. The first-order chi connectivity index (χ1) is 37.3. The molecule has 0 aromatic heterocycles. The maximum Gasteiger partial charge on any atom is 0.394 e. The van der Waals surface area contributed by atoms with E-state index in [0.717, 1.165) is 54.2 Å². The zero-order valence-corrected chi connectivity index (χ0v) is 43.9. The molecule has 3 fully saturated rings. The fourth-order valence-electron chi connectivity index (χ4n) is 10.1. The van der Waals surface area contributed by atoms with Gasteiger partial charge in [0, 0.05) is 48.7 Å². The number of thioether (sulfide) groups is 1. The summed E-state index contributed by atoms with van der Waals surface area (Å²) in [6.45, 7) is 0.629. The molecule has 24 heteroatoms. The molecule has 1 aliphatic carbocycles. The van der Waals surface area contributed by atoms with Gasteiger partial charge in [0.2, 0.25) is 29.5 Å². The third-order valence-corrected chi connectivity index (χ3v) is 15.7. The Labute approximate surface area is 454 Å². The summed E-state index contributed by atoms with van der Waals surface area (Å²) in [6.07, 6.45) is 7.00. The standard InChI is InChI=1S/C54H68N8O15S/c55-41(63)29-37(59-52(75)54(24-6-2-7-25-54)62-47(67)36(58-48(68)51(73)74)28-31-20-22-33(23-21-31)44(49(69)70)50(71)72)46(66)57-27-11-13-32-12-9-15-35-34(32)14-10-16-39(35)77-43(65)19-3-1-8-26-56-42(64)18-5-4-17-40-45-38(30-78-40)60-53(76)61-45/h9-10,12,14-16,20-23,36-38,40,44-45H,1-8,11,13,17-19,24-30H2,(H2,55,63)(H,56,64)(H,57,66)(H,58,68)(H,59,75)(H,62,67)(H,69,70)(H,71,72)(H,73,74)(H2,60,61,76)/t36-,37-,38-,40-,45-/m0/s1. The summed E-state index contributed by atoms with van der Waals surface area (Å²) in [7, 11) is 0. The number of rotatable bonds is 29. The van der Waals surface area contributed by atoms with Crippen molar-refractivity contribution in [3.8, 4) is 5.75 Å². The molecular weight excluding hydrogens is 1030 g/mol. The Morgan fingerprint density at radius 1 is 0.731 bits per heavy atom. The number of amides is 8. The van der Waals surface area contributed by atoms with Crippen LogP contribution in [0.5, 0.6) is 5.75 Å². The highest BCUT2D eigenvalue weighted by molar-refractivity contribution is 8.00. The molecule has 0 unspecified atom stereocenters. The highest BCUT2D eigenvalue weighted by atomic mass is 32.2. The van der Waals surface area contributed by atoms with Gasteiger partial charge in [-0.1, -0.05) is 86.7 Å². The van der Waals surface area contributed by atoms with Crippen molar-refractivity contribution in [2.75, 3.05) is 18.8 Å². The molecular formula is C54H68N8O15S. The van der Waals surface area contributed by atoms with E-state index >= 15 is 0 Å². The molecule has 2 aliphatic heterocycles. The minimum Gasteiger partial charge on any atom is -0.480 e. The SMILES string of the molecule is NC(=O)C[C@H](NC(=O)C1(NC(=O)[C@H](Cc2ccc(C(C(=O)O)C(=O)O)cc2)NC(=O)C(=O)O)CCCCC1)C(=O)NCCCc1cccc2c(OC(=O)CCCCCNC(=O)CCCC[C@@H]3SC[C@@H]4NC(=O)N[C@@H]43)cccc12. The van der Waals surface area contributed by atoms with E-state index in [1.807, 2.05) is 36.0 Å². The lowest BCUT2D eigenvalue weighted by molar-refractivity contribution is -0.151. The van der Waals surface area contributed by atoms with Crippen molar-refractivity contribution in [2.24, 2.45) is 5.73 Å². The van der Waals surface area contributed by atoms with E-state index in [9.17, 15) is 68.1 Å². The lowest BCUT2D eigenvalue weighted by Crippen LogP contribution is -2.65. The van der Waals surface area contributed by atoms with E-state index < -0.39 is 77.4 Å². The van der Waals surface area contributed by atoms with Crippen LogP contribution in [0.15, 0.2) is 60.7 Å². The fourth-order valence-corrected chi connectivity index (χ4v) is 11.6. The fraction of sp³-hybridized carbons (Fsp3) is 0.500. The first-order valence-corrected chi connectivity index (χ1v) is 27.3. The van der Waals surface area contributed by atoms with Crippen molar-refractivity contribution in [1.82, 2.24) is 37.2 Å². The summed E-state index contributed by atoms with van der Waals surface area (Å²) >= 11 is 1.86. The third-order valence-electron chi connectivity index (χ3n) is 14.2. The summed E-state index contributed by atoms with van der Waals surface area (Å²) in [5.41, 5.74) is 4.95. The van der Waals surface area contributed by atoms with E-state index in [4.69, 9.17) is 10.5 Å². The Bertz CT molecular complexity index is 2700. The van der Waals surface area contributed by atoms with Crippen LogP contribution in [0.3, 0.4) is 0 Å². The second-order valence-electron chi connectivity index (χ2n) is 19.9. The molecule has 3 aliphatic rings. The van der Waals surface area contributed by atoms with Crippen LogP contribution in [0.1, 0.15) is 119 Å². The lowest BCUT2D eigenvalue weighted by atomic mass is 9.80. The molecule has 23 nitrogen and oxygen atoms in total. The number of urea groups is 1. The third kappa shape index (κ3) is 16.9. The van der Waals surface area contributed by atoms with Crippen molar-refractivity contribution >= 4 is 87.9 Å². The average molecular weight is 1100 g/mol. The van der Waals surface area contributed by atoms with Gasteiger partial charge in [-0.15, -0.1) is 0 Å². The predicted molar refractivity (Wildman–Crippen MR) is 284 cm³/mol. The number of ether oxygens (including phenoxy) is 1. The predicted octanol–water partition coefficient (Wildman–Crippen LogP) is 2.44. The summed E-state index contributed by atoms with van der Waals surface area (Å²) in [5, 5.41) is 49.0. The number of aryl methyl sites for hydroxylation is 1. The summed E-state index contributed by atoms with van der Waals surface area (Å²) < 4.78 is 5.79. The number of hydrogen-bond donors (Lipinski definition) is 11. The molecule has 2 heterocycles. The molecule has 3 aromatic rings. The van der Waals surface area contributed by atoms with E-state index in [2.05, 4.69) is 37.2 Å². The monoisotopic (exact) mass is 1100 g/mol. The molecule has 6 rings (SSSR count). The van der Waals surface area contributed by atoms with Crippen LogP contribution in [0.2, 0.25) is 0 Å². The minimum absolute atomic E-state index is 0.000365. The molecule has 5 atom stereocenters. The maximum absolute atomic E-state index is 14.2. The second kappa shape index (κ2) is 28.6. The number of unbranched alkanes of at least 4 members (excludes halogenated alkanes) is 3. The molecule has 2 saturated heterocycles. The number of carboxylic acid groups (broad SMARTS) is 3. The zero-order chi connectivity index (χ0) is 56.4. The van der Waals surface area contributed by atoms with Crippen molar-refractivity contribution in [3.05, 3.63) is 77.4 Å². The number of hydrogen-bond acceptors (Lipinski definition) is 13. The molecule has 1 saturated carbocycles. The molecule has 8 amide bonds. The maximum atomic E-state index is 14.2. The van der Waals surface area contributed by atoms with Gasteiger partial charge in [-0.05, 0) is 79.5 Å². The Hall–Kier alpha value is -7.76. The van der Waals surface area contributed by atoms with Crippen molar-refractivity contribution in [1.29, 1.82) is 0 Å². The van der Waals surface area contributed by atoms with E-state index in [1.165, 1.54) is 24.3 Å². The highest BCUT2D eigenvalue weighted by Crippen LogP contribution is 2.34. The molecule has 78 heavy (non-hydrogen) atoms. The smallest absolute Gasteiger partial charge is 0.394 e. The minimum atomic E-state index is -1.90. The Balaban J connectivity index is 0.961. The largest absolute Gasteiger partial charge is 0.480 e. The zero-order valence-electron chi connectivity index (χ0n) is 43.1. The van der Waals surface area contributed by atoms with Gasteiger partial charge in [-0.3, -0.25) is 43.2 Å². The summed E-state index contributed by atoms with van der Waals surface area (Å²) in [6, 6.07) is 13.2. The number of nitrogens with one attached hydrogen (secondary N) is 7. The van der Waals surface area contributed by atoms with Crippen molar-refractivity contribution < 1.29 is 72.8 Å². The Morgan fingerprint density at radius 3 is 2.13 bits per heavy atom. The molecule has 12 N–H and O–H groups in total.